The molecule has 0 spiro atoms. The third-order valence-electron chi connectivity index (χ3n) is 3.13. The van der Waals surface area contributed by atoms with Crippen LogP contribution in [0.2, 0.25) is 0 Å². The summed E-state index contributed by atoms with van der Waals surface area (Å²) in [4.78, 5) is 24.8. The van der Waals surface area contributed by atoms with Gasteiger partial charge in [0.1, 0.15) is 0 Å². The molecule has 1 aromatic rings. The van der Waals surface area contributed by atoms with Crippen LogP contribution in [-0.2, 0) is 4.79 Å². The minimum atomic E-state index is -0.300. The van der Waals surface area contributed by atoms with Crippen molar-refractivity contribution < 1.29 is 9.59 Å². The largest absolute Gasteiger partial charge is 0.369 e. The van der Waals surface area contributed by atoms with Gasteiger partial charge in [0.2, 0.25) is 5.91 Å². The van der Waals surface area contributed by atoms with Gasteiger partial charge >= 0.3 is 0 Å². The molecule has 1 saturated heterocycles. The number of likely N-dealkylation sites (tertiary alicyclic amines) is 1. The van der Waals surface area contributed by atoms with Crippen LogP contribution in [-0.4, -0.2) is 42.4 Å². The predicted octanol–water partition coefficient (Wildman–Crippen LogP) is 1.19. The molecule has 1 aliphatic rings. The maximum atomic E-state index is 12.0. The van der Waals surface area contributed by atoms with E-state index < -0.39 is 0 Å². The Labute approximate surface area is 124 Å². The topological polar surface area (TPSA) is 75.4 Å². The Bertz CT molecular complexity index is 469. The first-order valence-electron chi connectivity index (χ1n) is 6.10. The lowest BCUT2D eigenvalue weighted by Gasteiger charge is -2.31. The van der Waals surface area contributed by atoms with E-state index in [0.29, 0.717) is 12.1 Å². The van der Waals surface area contributed by atoms with Gasteiger partial charge in [0, 0.05) is 24.5 Å². The fraction of sp³-hybridized carbons (Fsp3) is 0.500. The van der Waals surface area contributed by atoms with Crippen LogP contribution >= 0.6 is 27.3 Å². The number of nitrogens with zero attached hydrogens (tertiary/aromatic N) is 1. The maximum absolute atomic E-state index is 12.0. The van der Waals surface area contributed by atoms with E-state index in [2.05, 4.69) is 21.2 Å². The number of amides is 2. The van der Waals surface area contributed by atoms with Gasteiger partial charge in [-0.15, -0.1) is 11.3 Å². The molecule has 1 aliphatic heterocycles. The van der Waals surface area contributed by atoms with E-state index in [-0.39, 0.29) is 17.9 Å². The highest BCUT2D eigenvalue weighted by Crippen LogP contribution is 2.21. The molecular weight excluding hydrogens is 330 g/mol. The predicted molar refractivity (Wildman–Crippen MR) is 78.1 cm³/mol. The average molecular weight is 346 g/mol. The number of hydrogen-bond acceptors (Lipinski definition) is 4. The summed E-state index contributed by atoms with van der Waals surface area (Å²) >= 11 is 4.84. The summed E-state index contributed by atoms with van der Waals surface area (Å²) in [5.74, 6) is -0.332. The van der Waals surface area contributed by atoms with Gasteiger partial charge in [-0.05, 0) is 34.8 Å². The molecule has 0 radical (unpaired) electrons. The number of primary amides is 1. The van der Waals surface area contributed by atoms with Crippen molar-refractivity contribution in [3.8, 4) is 0 Å². The first-order valence-corrected chi connectivity index (χ1v) is 7.77. The Morgan fingerprint density at radius 3 is 2.68 bits per heavy atom. The number of thiophene rings is 1. The van der Waals surface area contributed by atoms with Gasteiger partial charge in [-0.25, -0.2) is 0 Å². The molecule has 7 heteroatoms. The summed E-state index contributed by atoms with van der Waals surface area (Å²) in [5, 5.41) is 4.86. The van der Waals surface area contributed by atoms with Crippen molar-refractivity contribution in [2.45, 2.75) is 18.9 Å². The highest BCUT2D eigenvalue weighted by Gasteiger charge is 2.22. The summed E-state index contributed by atoms with van der Waals surface area (Å²) in [7, 11) is 0. The number of carbonyl (C=O) groups is 2. The van der Waals surface area contributed by atoms with Gasteiger partial charge in [-0.2, -0.15) is 0 Å². The fourth-order valence-corrected chi connectivity index (χ4v) is 3.29. The summed E-state index contributed by atoms with van der Waals surface area (Å²) < 4.78 is 0.953. The van der Waals surface area contributed by atoms with E-state index in [1.807, 2.05) is 16.3 Å². The van der Waals surface area contributed by atoms with E-state index >= 15 is 0 Å². The SMILES string of the molecule is NC(=O)CN1CCC(NC(=O)c2csc(Br)c2)CC1. The van der Waals surface area contributed by atoms with E-state index in [1.165, 1.54) is 11.3 Å². The summed E-state index contributed by atoms with van der Waals surface area (Å²) in [5.41, 5.74) is 5.85. The smallest absolute Gasteiger partial charge is 0.252 e. The first kappa shape index (κ1) is 14.5. The lowest BCUT2D eigenvalue weighted by molar-refractivity contribution is -0.119. The zero-order valence-corrected chi connectivity index (χ0v) is 12.8. The lowest BCUT2D eigenvalue weighted by Crippen LogP contribution is -2.46. The second-order valence-corrected chi connectivity index (χ2v) is 6.92. The number of nitrogens with two attached hydrogens (primary N) is 1. The third-order valence-corrected chi connectivity index (χ3v) is 4.64. The molecule has 0 unspecified atom stereocenters. The highest BCUT2D eigenvalue weighted by molar-refractivity contribution is 9.11. The van der Waals surface area contributed by atoms with Gasteiger partial charge in [0.15, 0.2) is 0 Å². The summed E-state index contributed by atoms with van der Waals surface area (Å²) in [6.07, 6.45) is 1.70. The molecule has 2 heterocycles. The quantitative estimate of drug-likeness (QED) is 0.860. The zero-order valence-electron chi connectivity index (χ0n) is 10.4. The standard InChI is InChI=1S/C12H16BrN3O2S/c13-10-5-8(7-19-10)12(18)15-9-1-3-16(4-2-9)6-11(14)17/h5,7,9H,1-4,6H2,(H2,14,17)(H,15,18). The van der Waals surface area contributed by atoms with Crippen LogP contribution in [0.1, 0.15) is 23.2 Å². The molecule has 1 aromatic heterocycles. The van der Waals surface area contributed by atoms with Crippen molar-refractivity contribution in [3.63, 3.8) is 0 Å². The van der Waals surface area contributed by atoms with Gasteiger partial charge in [0.05, 0.1) is 15.9 Å². The van der Waals surface area contributed by atoms with Gasteiger partial charge in [0.25, 0.3) is 5.91 Å². The molecule has 0 aromatic carbocycles. The summed E-state index contributed by atoms with van der Waals surface area (Å²) in [6, 6.07) is 2.00. The minimum Gasteiger partial charge on any atom is -0.369 e. The van der Waals surface area contributed by atoms with Crippen LogP contribution in [0.15, 0.2) is 15.2 Å². The van der Waals surface area contributed by atoms with Crippen LogP contribution in [0.3, 0.4) is 0 Å². The average Bonchev–Trinajstić information content (AvgIpc) is 2.78. The molecule has 1 fully saturated rings. The van der Waals surface area contributed by atoms with Gasteiger partial charge < -0.3 is 11.1 Å². The molecule has 0 saturated carbocycles. The molecule has 2 amide bonds. The Morgan fingerprint density at radius 2 is 2.16 bits per heavy atom. The number of piperidine rings is 1. The lowest BCUT2D eigenvalue weighted by atomic mass is 10.0. The Kier molecular flexibility index (Phi) is 4.95. The molecule has 19 heavy (non-hydrogen) atoms. The Hall–Kier alpha value is -0.920. The fourth-order valence-electron chi connectivity index (χ4n) is 2.15. The molecular formula is C12H16BrN3O2S. The monoisotopic (exact) mass is 345 g/mol. The number of nitrogens with one attached hydrogen (secondary N) is 1. The van der Waals surface area contributed by atoms with Crippen molar-refractivity contribution in [2.75, 3.05) is 19.6 Å². The van der Waals surface area contributed by atoms with Gasteiger partial charge in [-0.1, -0.05) is 0 Å². The van der Waals surface area contributed by atoms with Crippen LogP contribution in [0.4, 0.5) is 0 Å². The van der Waals surface area contributed by atoms with Crippen LogP contribution < -0.4 is 11.1 Å². The minimum absolute atomic E-state index is 0.0321. The number of hydrogen-bond donors (Lipinski definition) is 2. The normalized spacial score (nSPS) is 17.3. The zero-order chi connectivity index (χ0) is 13.8. The van der Waals surface area contributed by atoms with E-state index in [4.69, 9.17) is 5.73 Å². The van der Waals surface area contributed by atoms with Crippen molar-refractivity contribution in [1.29, 1.82) is 0 Å². The second kappa shape index (κ2) is 6.49. The van der Waals surface area contributed by atoms with Crippen molar-refractivity contribution in [2.24, 2.45) is 5.73 Å². The van der Waals surface area contributed by atoms with E-state index in [9.17, 15) is 9.59 Å². The molecule has 0 aliphatic carbocycles. The van der Waals surface area contributed by atoms with E-state index in [0.717, 1.165) is 29.7 Å². The summed E-state index contributed by atoms with van der Waals surface area (Å²) in [6.45, 7) is 1.89. The molecule has 0 atom stereocenters. The van der Waals surface area contributed by atoms with Gasteiger partial charge in [-0.3, -0.25) is 14.5 Å². The molecule has 3 N–H and O–H groups in total. The number of halogens is 1. The Morgan fingerprint density at radius 1 is 1.47 bits per heavy atom. The molecule has 104 valence electrons. The number of carbonyl (C=O) groups excluding carboxylic acids is 2. The number of rotatable bonds is 4. The molecule has 5 nitrogen and oxygen atoms in total. The second-order valence-electron chi connectivity index (χ2n) is 4.63. The van der Waals surface area contributed by atoms with Crippen LogP contribution in [0, 0.1) is 0 Å². The van der Waals surface area contributed by atoms with E-state index in [1.54, 1.807) is 0 Å². The molecule has 0 bridgehead atoms. The highest BCUT2D eigenvalue weighted by atomic mass is 79.9. The van der Waals surface area contributed by atoms with Crippen molar-refractivity contribution in [1.82, 2.24) is 10.2 Å². The Balaban J connectivity index is 1.79. The van der Waals surface area contributed by atoms with Crippen LogP contribution in [0.5, 0.6) is 0 Å². The molecule has 2 rings (SSSR count). The maximum Gasteiger partial charge on any atom is 0.252 e. The van der Waals surface area contributed by atoms with Crippen molar-refractivity contribution in [3.05, 3.63) is 20.8 Å². The first-order chi connectivity index (χ1) is 9.04. The van der Waals surface area contributed by atoms with Crippen molar-refractivity contribution >= 4 is 39.1 Å². The third kappa shape index (κ3) is 4.29. The van der Waals surface area contributed by atoms with Crippen LogP contribution in [0.25, 0.3) is 0 Å².